The van der Waals surface area contributed by atoms with Crippen LogP contribution in [0.15, 0.2) is 18.2 Å². The SMILES string of the molecule is Cc1nn(C)c(C)c1CNCCc1cc(F)cc(F)c1. The van der Waals surface area contributed by atoms with Gasteiger partial charge in [0.25, 0.3) is 0 Å². The Labute approximate surface area is 117 Å². The van der Waals surface area contributed by atoms with Crippen LogP contribution in [0.2, 0.25) is 0 Å². The van der Waals surface area contributed by atoms with Crippen molar-refractivity contribution in [2.24, 2.45) is 7.05 Å². The van der Waals surface area contributed by atoms with Gasteiger partial charge in [0.05, 0.1) is 5.69 Å². The maximum Gasteiger partial charge on any atom is 0.126 e. The second-order valence-electron chi connectivity index (χ2n) is 4.98. The third kappa shape index (κ3) is 3.42. The number of aromatic nitrogens is 2. The highest BCUT2D eigenvalue weighted by Gasteiger charge is 2.08. The lowest BCUT2D eigenvalue weighted by molar-refractivity contribution is 0.577. The molecule has 0 saturated carbocycles. The van der Waals surface area contributed by atoms with E-state index in [1.165, 1.54) is 17.7 Å². The molecule has 0 atom stereocenters. The number of nitrogens with zero attached hydrogens (tertiary/aromatic N) is 2. The average molecular weight is 279 g/mol. The number of aryl methyl sites for hydroxylation is 2. The summed E-state index contributed by atoms with van der Waals surface area (Å²) in [5, 5.41) is 7.63. The first-order valence-electron chi connectivity index (χ1n) is 6.62. The minimum Gasteiger partial charge on any atom is -0.312 e. The topological polar surface area (TPSA) is 29.9 Å². The van der Waals surface area contributed by atoms with Crippen molar-refractivity contribution in [3.8, 4) is 0 Å². The van der Waals surface area contributed by atoms with E-state index >= 15 is 0 Å². The van der Waals surface area contributed by atoms with Crippen molar-refractivity contribution in [1.82, 2.24) is 15.1 Å². The second-order valence-corrected chi connectivity index (χ2v) is 4.98. The van der Waals surface area contributed by atoms with E-state index in [0.717, 1.165) is 17.5 Å². The van der Waals surface area contributed by atoms with Gasteiger partial charge in [-0.3, -0.25) is 4.68 Å². The Morgan fingerprint density at radius 1 is 1.15 bits per heavy atom. The summed E-state index contributed by atoms with van der Waals surface area (Å²) in [5.41, 5.74) is 3.98. The third-order valence-corrected chi connectivity index (χ3v) is 3.47. The molecule has 1 aromatic heterocycles. The van der Waals surface area contributed by atoms with E-state index in [-0.39, 0.29) is 0 Å². The Morgan fingerprint density at radius 2 is 1.80 bits per heavy atom. The summed E-state index contributed by atoms with van der Waals surface area (Å²) >= 11 is 0. The Morgan fingerprint density at radius 3 is 2.35 bits per heavy atom. The fourth-order valence-corrected chi connectivity index (χ4v) is 2.27. The molecule has 1 heterocycles. The largest absolute Gasteiger partial charge is 0.312 e. The average Bonchev–Trinajstić information content (AvgIpc) is 2.59. The van der Waals surface area contributed by atoms with Crippen LogP contribution in [0.4, 0.5) is 8.78 Å². The number of rotatable bonds is 5. The number of nitrogens with one attached hydrogen (secondary N) is 1. The zero-order valence-electron chi connectivity index (χ0n) is 12.0. The van der Waals surface area contributed by atoms with Gasteiger partial charge >= 0.3 is 0 Å². The lowest BCUT2D eigenvalue weighted by Gasteiger charge is -2.06. The Kier molecular flexibility index (Phi) is 4.49. The monoisotopic (exact) mass is 279 g/mol. The Balaban J connectivity index is 1.87. The molecule has 2 rings (SSSR count). The fraction of sp³-hybridized carbons (Fsp3) is 0.400. The molecule has 0 amide bonds. The summed E-state index contributed by atoms with van der Waals surface area (Å²) in [7, 11) is 1.92. The summed E-state index contributed by atoms with van der Waals surface area (Å²) in [5.74, 6) is -1.06. The molecule has 20 heavy (non-hydrogen) atoms. The zero-order chi connectivity index (χ0) is 14.7. The molecular weight excluding hydrogens is 260 g/mol. The number of hydrogen-bond donors (Lipinski definition) is 1. The standard InChI is InChI=1S/C15H19F2N3/c1-10-15(11(2)20(3)19-10)9-18-5-4-12-6-13(16)8-14(17)7-12/h6-8,18H,4-5,9H2,1-3H3. The molecule has 5 heteroatoms. The molecule has 0 aliphatic carbocycles. The molecular formula is C15H19F2N3. The van der Waals surface area contributed by atoms with E-state index in [9.17, 15) is 8.78 Å². The van der Waals surface area contributed by atoms with E-state index in [2.05, 4.69) is 10.4 Å². The second kappa shape index (κ2) is 6.13. The van der Waals surface area contributed by atoms with Crippen LogP contribution in [0.3, 0.4) is 0 Å². The fourth-order valence-electron chi connectivity index (χ4n) is 2.27. The van der Waals surface area contributed by atoms with E-state index in [1.54, 1.807) is 0 Å². The first-order valence-corrected chi connectivity index (χ1v) is 6.62. The van der Waals surface area contributed by atoms with Crippen molar-refractivity contribution < 1.29 is 8.78 Å². The molecule has 0 unspecified atom stereocenters. The van der Waals surface area contributed by atoms with Crippen molar-refractivity contribution in [2.75, 3.05) is 6.54 Å². The first kappa shape index (κ1) is 14.7. The Bertz CT molecular complexity index is 585. The number of benzene rings is 1. The maximum absolute atomic E-state index is 13.0. The summed E-state index contributed by atoms with van der Waals surface area (Å²) in [6.07, 6.45) is 0.590. The van der Waals surface area contributed by atoms with Crippen molar-refractivity contribution in [1.29, 1.82) is 0 Å². The lowest BCUT2D eigenvalue weighted by Crippen LogP contribution is -2.17. The van der Waals surface area contributed by atoms with Gasteiger partial charge < -0.3 is 5.32 Å². The Hall–Kier alpha value is -1.75. The molecule has 0 radical (unpaired) electrons. The van der Waals surface area contributed by atoms with Crippen LogP contribution in [0.5, 0.6) is 0 Å². The van der Waals surface area contributed by atoms with Gasteiger partial charge in [0.15, 0.2) is 0 Å². The van der Waals surface area contributed by atoms with E-state index in [0.29, 0.717) is 25.1 Å². The van der Waals surface area contributed by atoms with Crippen LogP contribution < -0.4 is 5.32 Å². The normalized spacial score (nSPS) is 11.1. The van der Waals surface area contributed by atoms with Crippen molar-refractivity contribution in [2.45, 2.75) is 26.8 Å². The van der Waals surface area contributed by atoms with Crippen molar-refractivity contribution in [3.63, 3.8) is 0 Å². The number of halogens is 2. The molecule has 0 bridgehead atoms. The molecule has 0 spiro atoms. The van der Waals surface area contributed by atoms with Gasteiger partial charge in [0.2, 0.25) is 0 Å². The molecule has 0 fully saturated rings. The van der Waals surface area contributed by atoms with Gasteiger partial charge in [0.1, 0.15) is 11.6 Å². The summed E-state index contributed by atoms with van der Waals surface area (Å²) < 4.78 is 27.9. The summed E-state index contributed by atoms with van der Waals surface area (Å²) in [6.45, 7) is 5.38. The van der Waals surface area contributed by atoms with Crippen LogP contribution in [0.25, 0.3) is 0 Å². The van der Waals surface area contributed by atoms with E-state index in [1.807, 2.05) is 25.6 Å². The smallest absolute Gasteiger partial charge is 0.126 e. The lowest BCUT2D eigenvalue weighted by atomic mass is 10.1. The molecule has 108 valence electrons. The minimum absolute atomic E-state index is 0.529. The highest BCUT2D eigenvalue weighted by atomic mass is 19.1. The van der Waals surface area contributed by atoms with E-state index in [4.69, 9.17) is 0 Å². The zero-order valence-corrected chi connectivity index (χ0v) is 12.0. The van der Waals surface area contributed by atoms with Gasteiger partial charge in [0, 0.05) is 30.9 Å². The van der Waals surface area contributed by atoms with Gasteiger partial charge in [-0.05, 0) is 44.5 Å². The quantitative estimate of drug-likeness (QED) is 0.853. The van der Waals surface area contributed by atoms with Gasteiger partial charge in [-0.15, -0.1) is 0 Å². The first-order chi connectivity index (χ1) is 9.47. The molecule has 0 saturated heterocycles. The minimum atomic E-state index is -0.529. The van der Waals surface area contributed by atoms with Crippen LogP contribution in [-0.2, 0) is 20.0 Å². The predicted octanol–water partition coefficient (Wildman–Crippen LogP) is 2.65. The summed E-state index contributed by atoms with van der Waals surface area (Å²) in [4.78, 5) is 0. The van der Waals surface area contributed by atoms with Crippen LogP contribution >= 0.6 is 0 Å². The molecule has 1 aromatic carbocycles. The maximum atomic E-state index is 13.0. The highest BCUT2D eigenvalue weighted by molar-refractivity contribution is 5.24. The van der Waals surface area contributed by atoms with Crippen molar-refractivity contribution >= 4 is 0 Å². The summed E-state index contributed by atoms with van der Waals surface area (Å²) in [6, 6.07) is 3.62. The molecule has 0 aliphatic heterocycles. The number of hydrogen-bond acceptors (Lipinski definition) is 2. The third-order valence-electron chi connectivity index (χ3n) is 3.47. The predicted molar refractivity (Wildman–Crippen MR) is 74.5 cm³/mol. The highest BCUT2D eigenvalue weighted by Crippen LogP contribution is 2.11. The molecule has 1 N–H and O–H groups in total. The van der Waals surface area contributed by atoms with Gasteiger partial charge in [-0.2, -0.15) is 5.10 Å². The van der Waals surface area contributed by atoms with Crippen LogP contribution in [0.1, 0.15) is 22.5 Å². The van der Waals surface area contributed by atoms with Crippen molar-refractivity contribution in [3.05, 3.63) is 52.3 Å². The molecule has 0 aliphatic rings. The van der Waals surface area contributed by atoms with Gasteiger partial charge in [-0.25, -0.2) is 8.78 Å². The molecule has 2 aromatic rings. The van der Waals surface area contributed by atoms with Gasteiger partial charge in [-0.1, -0.05) is 0 Å². The van der Waals surface area contributed by atoms with Crippen LogP contribution in [-0.4, -0.2) is 16.3 Å². The van der Waals surface area contributed by atoms with Crippen LogP contribution in [0, 0.1) is 25.5 Å². The van der Waals surface area contributed by atoms with E-state index < -0.39 is 11.6 Å². The molecule has 3 nitrogen and oxygen atoms in total.